The summed E-state index contributed by atoms with van der Waals surface area (Å²) in [5, 5.41) is 1.32. The highest BCUT2D eigenvalue weighted by atomic mass is 19.2. The second-order valence-electron chi connectivity index (χ2n) is 7.26. The molecular formula is C22H24F2N2O. The SMILES string of the molecule is COc1cc(F)c(F)cc1CCCN1CCC(c2c[nH]c3ccccc23)C1. The fourth-order valence-corrected chi connectivity index (χ4v) is 4.17. The smallest absolute Gasteiger partial charge is 0.162 e. The highest BCUT2D eigenvalue weighted by Gasteiger charge is 2.25. The summed E-state index contributed by atoms with van der Waals surface area (Å²) in [6.45, 7) is 3.05. The average Bonchev–Trinajstić information content (AvgIpc) is 3.31. The van der Waals surface area contributed by atoms with Gasteiger partial charge in [0.1, 0.15) is 5.75 Å². The number of hydrogen-bond acceptors (Lipinski definition) is 2. The van der Waals surface area contributed by atoms with Gasteiger partial charge in [-0.25, -0.2) is 8.78 Å². The van der Waals surface area contributed by atoms with Crippen LogP contribution in [0.25, 0.3) is 10.9 Å². The van der Waals surface area contributed by atoms with Crippen LogP contribution in [0.4, 0.5) is 8.78 Å². The lowest BCUT2D eigenvalue weighted by atomic mass is 9.98. The number of aryl methyl sites for hydroxylation is 1. The fourth-order valence-electron chi connectivity index (χ4n) is 4.17. The number of para-hydroxylation sites is 1. The van der Waals surface area contributed by atoms with Crippen molar-refractivity contribution in [3.63, 3.8) is 0 Å². The lowest BCUT2D eigenvalue weighted by Crippen LogP contribution is -2.22. The van der Waals surface area contributed by atoms with Crippen LogP contribution in [0.1, 0.15) is 29.9 Å². The molecule has 2 heterocycles. The predicted molar refractivity (Wildman–Crippen MR) is 103 cm³/mol. The van der Waals surface area contributed by atoms with Gasteiger partial charge in [-0.1, -0.05) is 18.2 Å². The molecule has 1 fully saturated rings. The first kappa shape index (κ1) is 18.0. The molecule has 1 aliphatic heterocycles. The molecule has 3 aromatic rings. The standard InChI is InChI=1S/C22H24F2N2O/c1-27-22-12-20(24)19(23)11-15(22)5-4-9-26-10-8-16(14-26)18-13-25-21-7-3-2-6-17(18)21/h2-3,6-7,11-13,16,25H,4-5,8-10,14H2,1H3. The van der Waals surface area contributed by atoms with Gasteiger partial charge >= 0.3 is 0 Å². The van der Waals surface area contributed by atoms with Crippen molar-refractivity contribution in [3.8, 4) is 5.75 Å². The molecule has 1 N–H and O–H groups in total. The summed E-state index contributed by atoms with van der Waals surface area (Å²) in [6, 6.07) is 10.8. The Morgan fingerprint density at radius 2 is 2.00 bits per heavy atom. The molecule has 0 radical (unpaired) electrons. The number of nitrogens with zero attached hydrogens (tertiary/aromatic N) is 1. The lowest BCUT2D eigenvalue weighted by molar-refractivity contribution is 0.328. The number of fused-ring (bicyclic) bond motifs is 1. The largest absolute Gasteiger partial charge is 0.496 e. The van der Waals surface area contributed by atoms with E-state index in [-0.39, 0.29) is 0 Å². The minimum absolute atomic E-state index is 0.423. The number of nitrogens with one attached hydrogen (secondary N) is 1. The van der Waals surface area contributed by atoms with Crippen LogP contribution in [0.2, 0.25) is 0 Å². The number of rotatable bonds is 6. The minimum atomic E-state index is -0.864. The Labute approximate surface area is 157 Å². The van der Waals surface area contributed by atoms with E-state index in [0.717, 1.165) is 44.1 Å². The van der Waals surface area contributed by atoms with Gasteiger partial charge in [-0.2, -0.15) is 0 Å². The van der Waals surface area contributed by atoms with Gasteiger partial charge in [0, 0.05) is 29.7 Å². The van der Waals surface area contributed by atoms with Crippen molar-refractivity contribution in [3.05, 3.63) is 65.4 Å². The Kier molecular flexibility index (Phi) is 5.12. The maximum Gasteiger partial charge on any atom is 0.162 e. The van der Waals surface area contributed by atoms with Crippen LogP contribution in [0.5, 0.6) is 5.75 Å². The lowest BCUT2D eigenvalue weighted by Gasteiger charge is -2.16. The number of aromatic amines is 1. The van der Waals surface area contributed by atoms with Crippen LogP contribution in [0.15, 0.2) is 42.6 Å². The van der Waals surface area contributed by atoms with Crippen molar-refractivity contribution < 1.29 is 13.5 Å². The molecule has 0 amide bonds. The van der Waals surface area contributed by atoms with E-state index in [1.807, 2.05) is 0 Å². The van der Waals surface area contributed by atoms with E-state index in [2.05, 4.69) is 40.3 Å². The first-order chi connectivity index (χ1) is 13.2. The van der Waals surface area contributed by atoms with E-state index in [4.69, 9.17) is 4.74 Å². The summed E-state index contributed by atoms with van der Waals surface area (Å²) in [7, 11) is 1.49. The van der Waals surface area contributed by atoms with Crippen LogP contribution >= 0.6 is 0 Å². The van der Waals surface area contributed by atoms with Crippen LogP contribution in [0, 0.1) is 11.6 Å². The maximum absolute atomic E-state index is 13.5. The molecule has 1 saturated heterocycles. The molecule has 0 bridgehead atoms. The molecule has 1 unspecified atom stereocenters. The van der Waals surface area contributed by atoms with Crippen LogP contribution in [-0.4, -0.2) is 36.6 Å². The van der Waals surface area contributed by atoms with Crippen molar-refractivity contribution in [1.82, 2.24) is 9.88 Å². The average molecular weight is 370 g/mol. The Balaban J connectivity index is 1.35. The molecule has 5 heteroatoms. The Morgan fingerprint density at radius 1 is 1.19 bits per heavy atom. The number of aromatic nitrogens is 1. The zero-order chi connectivity index (χ0) is 18.8. The zero-order valence-electron chi connectivity index (χ0n) is 15.5. The minimum Gasteiger partial charge on any atom is -0.496 e. The third-order valence-electron chi connectivity index (χ3n) is 5.58. The van der Waals surface area contributed by atoms with E-state index in [1.54, 1.807) is 0 Å². The van der Waals surface area contributed by atoms with E-state index in [1.165, 1.54) is 29.6 Å². The van der Waals surface area contributed by atoms with Gasteiger partial charge in [-0.3, -0.25) is 0 Å². The molecular weight excluding hydrogens is 346 g/mol. The van der Waals surface area contributed by atoms with E-state index in [9.17, 15) is 8.78 Å². The van der Waals surface area contributed by atoms with Crippen molar-refractivity contribution in [1.29, 1.82) is 0 Å². The number of likely N-dealkylation sites (tertiary alicyclic amines) is 1. The third-order valence-corrected chi connectivity index (χ3v) is 5.58. The Hall–Kier alpha value is -2.40. The van der Waals surface area contributed by atoms with Crippen molar-refractivity contribution in [2.24, 2.45) is 0 Å². The number of ether oxygens (including phenoxy) is 1. The molecule has 27 heavy (non-hydrogen) atoms. The third kappa shape index (κ3) is 3.69. The predicted octanol–water partition coefficient (Wildman–Crippen LogP) is 4.88. The molecule has 142 valence electrons. The molecule has 1 atom stereocenters. The summed E-state index contributed by atoms with van der Waals surface area (Å²) in [5.41, 5.74) is 3.32. The summed E-state index contributed by atoms with van der Waals surface area (Å²) >= 11 is 0. The van der Waals surface area contributed by atoms with Crippen molar-refractivity contribution in [2.75, 3.05) is 26.7 Å². The summed E-state index contributed by atoms with van der Waals surface area (Å²) in [6.07, 6.45) is 4.86. The monoisotopic (exact) mass is 370 g/mol. The van der Waals surface area contributed by atoms with Crippen LogP contribution in [0.3, 0.4) is 0 Å². The topological polar surface area (TPSA) is 28.3 Å². The van der Waals surface area contributed by atoms with Crippen LogP contribution < -0.4 is 4.74 Å². The van der Waals surface area contributed by atoms with Gasteiger partial charge in [0.15, 0.2) is 11.6 Å². The fraction of sp³-hybridized carbons (Fsp3) is 0.364. The van der Waals surface area contributed by atoms with Gasteiger partial charge in [-0.05, 0) is 61.5 Å². The normalized spacial score (nSPS) is 17.7. The van der Waals surface area contributed by atoms with E-state index >= 15 is 0 Å². The molecule has 4 rings (SSSR count). The van der Waals surface area contributed by atoms with E-state index in [0.29, 0.717) is 18.1 Å². The number of H-pyrrole nitrogens is 1. The molecule has 0 saturated carbocycles. The molecule has 0 spiro atoms. The van der Waals surface area contributed by atoms with Gasteiger partial charge in [0.05, 0.1) is 7.11 Å². The molecule has 1 aliphatic rings. The Bertz CT molecular complexity index is 937. The van der Waals surface area contributed by atoms with Crippen molar-refractivity contribution in [2.45, 2.75) is 25.2 Å². The zero-order valence-corrected chi connectivity index (χ0v) is 15.5. The second-order valence-corrected chi connectivity index (χ2v) is 7.26. The quantitative estimate of drug-likeness (QED) is 0.670. The van der Waals surface area contributed by atoms with Gasteiger partial charge in [-0.15, -0.1) is 0 Å². The number of hydrogen-bond donors (Lipinski definition) is 1. The van der Waals surface area contributed by atoms with Gasteiger partial charge in [0.2, 0.25) is 0 Å². The summed E-state index contributed by atoms with van der Waals surface area (Å²) < 4.78 is 32.0. The molecule has 3 nitrogen and oxygen atoms in total. The van der Waals surface area contributed by atoms with Crippen molar-refractivity contribution >= 4 is 10.9 Å². The maximum atomic E-state index is 13.5. The first-order valence-electron chi connectivity index (χ1n) is 9.46. The second kappa shape index (κ2) is 7.69. The molecule has 1 aromatic heterocycles. The van der Waals surface area contributed by atoms with Crippen LogP contribution in [-0.2, 0) is 6.42 Å². The van der Waals surface area contributed by atoms with Gasteiger partial charge in [0.25, 0.3) is 0 Å². The highest BCUT2D eigenvalue weighted by molar-refractivity contribution is 5.83. The summed E-state index contributed by atoms with van der Waals surface area (Å²) in [5.74, 6) is -0.714. The number of benzene rings is 2. The highest BCUT2D eigenvalue weighted by Crippen LogP contribution is 2.32. The first-order valence-corrected chi connectivity index (χ1v) is 9.46. The summed E-state index contributed by atoms with van der Waals surface area (Å²) in [4.78, 5) is 5.83. The van der Waals surface area contributed by atoms with E-state index < -0.39 is 11.6 Å². The number of halogens is 2. The molecule has 0 aliphatic carbocycles. The Morgan fingerprint density at radius 3 is 2.85 bits per heavy atom. The number of methoxy groups -OCH3 is 1. The molecule has 2 aromatic carbocycles. The van der Waals surface area contributed by atoms with Gasteiger partial charge < -0.3 is 14.6 Å².